The van der Waals surface area contributed by atoms with Gasteiger partial charge in [-0.05, 0) is 31.1 Å². The Kier molecular flexibility index (Phi) is 1.98. The number of carbonyl (C=O) groups excluding carboxylic acids is 2. The first-order chi connectivity index (χ1) is 8.69. The van der Waals surface area contributed by atoms with Crippen LogP contribution in [0.5, 0.6) is 0 Å². The molecule has 2 saturated carbocycles. The topological polar surface area (TPSA) is 52.6 Å². The summed E-state index contributed by atoms with van der Waals surface area (Å²) < 4.78 is 10.7. The molecule has 0 aromatic heterocycles. The highest BCUT2D eigenvalue weighted by molar-refractivity contribution is 5.87. The zero-order chi connectivity index (χ0) is 12.3. The molecule has 0 aromatic rings. The predicted molar refractivity (Wildman–Crippen MR) is 61.4 cm³/mol. The Morgan fingerprint density at radius 1 is 1.22 bits per heavy atom. The van der Waals surface area contributed by atoms with Crippen molar-refractivity contribution in [1.29, 1.82) is 0 Å². The Morgan fingerprint density at radius 2 is 2.11 bits per heavy atom. The lowest BCUT2D eigenvalue weighted by molar-refractivity contribution is -0.153. The van der Waals surface area contributed by atoms with Crippen molar-refractivity contribution in [3.8, 4) is 0 Å². The number of hydrogen-bond donors (Lipinski definition) is 0. The van der Waals surface area contributed by atoms with E-state index in [1.165, 1.54) is 6.08 Å². The maximum absolute atomic E-state index is 12.2. The molecule has 0 amide bonds. The van der Waals surface area contributed by atoms with E-state index in [0.717, 1.165) is 25.7 Å². The van der Waals surface area contributed by atoms with Crippen LogP contribution >= 0.6 is 0 Å². The first-order valence-corrected chi connectivity index (χ1v) is 6.76. The van der Waals surface area contributed by atoms with E-state index in [2.05, 4.69) is 0 Å². The highest BCUT2D eigenvalue weighted by atomic mass is 16.5. The van der Waals surface area contributed by atoms with Gasteiger partial charge in [0.15, 0.2) is 0 Å². The summed E-state index contributed by atoms with van der Waals surface area (Å²) in [6.07, 6.45) is 7.11. The molecule has 0 aromatic carbocycles. The van der Waals surface area contributed by atoms with Gasteiger partial charge in [0.25, 0.3) is 0 Å². The molecule has 4 nitrogen and oxygen atoms in total. The largest absolute Gasteiger partial charge is 0.465 e. The molecule has 2 heterocycles. The Labute approximate surface area is 105 Å². The van der Waals surface area contributed by atoms with E-state index in [4.69, 9.17) is 9.47 Å². The van der Waals surface area contributed by atoms with Crippen LogP contribution in [0.2, 0.25) is 0 Å². The van der Waals surface area contributed by atoms with Gasteiger partial charge in [-0.1, -0.05) is 6.08 Å². The van der Waals surface area contributed by atoms with E-state index < -0.39 is 5.41 Å². The zero-order valence-electron chi connectivity index (χ0n) is 10.1. The van der Waals surface area contributed by atoms with E-state index >= 15 is 0 Å². The van der Waals surface area contributed by atoms with Gasteiger partial charge in [0.1, 0.15) is 6.10 Å². The van der Waals surface area contributed by atoms with Crippen LogP contribution in [-0.4, -0.2) is 24.6 Å². The van der Waals surface area contributed by atoms with Crippen LogP contribution in [0.4, 0.5) is 0 Å². The molecule has 5 unspecified atom stereocenters. The summed E-state index contributed by atoms with van der Waals surface area (Å²) in [5, 5.41) is 0. The van der Waals surface area contributed by atoms with Crippen molar-refractivity contribution in [2.75, 3.05) is 6.61 Å². The van der Waals surface area contributed by atoms with Crippen molar-refractivity contribution in [1.82, 2.24) is 0 Å². The minimum Gasteiger partial charge on any atom is -0.465 e. The minimum atomic E-state index is -0.544. The maximum atomic E-state index is 12.2. The fraction of sp³-hybridized carbons (Fsp3) is 0.714. The van der Waals surface area contributed by atoms with Crippen molar-refractivity contribution < 1.29 is 19.1 Å². The Hall–Kier alpha value is -1.32. The Bertz CT molecular complexity index is 455. The molecule has 0 radical (unpaired) electrons. The lowest BCUT2D eigenvalue weighted by Crippen LogP contribution is -2.43. The van der Waals surface area contributed by atoms with Crippen LogP contribution in [0.1, 0.15) is 25.7 Å². The summed E-state index contributed by atoms with van der Waals surface area (Å²) in [4.78, 5) is 23.8. The molecule has 4 aliphatic rings. The van der Waals surface area contributed by atoms with Crippen molar-refractivity contribution in [2.24, 2.45) is 23.2 Å². The zero-order valence-corrected chi connectivity index (χ0v) is 10.1. The van der Waals surface area contributed by atoms with Gasteiger partial charge in [-0.15, -0.1) is 0 Å². The highest BCUT2D eigenvalue weighted by Crippen LogP contribution is 2.59. The molecule has 5 atom stereocenters. The lowest BCUT2D eigenvalue weighted by atomic mass is 9.66. The molecule has 4 rings (SSSR count). The van der Waals surface area contributed by atoms with E-state index in [9.17, 15) is 9.59 Å². The minimum absolute atomic E-state index is 0.0245. The molecule has 2 aliphatic carbocycles. The first kappa shape index (κ1) is 10.6. The first-order valence-electron chi connectivity index (χ1n) is 6.76. The number of fused-ring (bicyclic) bond motifs is 2. The van der Waals surface area contributed by atoms with Gasteiger partial charge >= 0.3 is 11.9 Å². The van der Waals surface area contributed by atoms with Gasteiger partial charge in [-0.25, -0.2) is 4.79 Å². The monoisotopic (exact) mass is 248 g/mol. The fourth-order valence-electron chi connectivity index (χ4n) is 4.58. The van der Waals surface area contributed by atoms with Gasteiger partial charge in [0, 0.05) is 18.4 Å². The van der Waals surface area contributed by atoms with Gasteiger partial charge < -0.3 is 9.47 Å². The van der Waals surface area contributed by atoms with Gasteiger partial charge in [0.05, 0.1) is 12.0 Å². The summed E-state index contributed by atoms with van der Waals surface area (Å²) in [5.41, 5.74) is -0.544. The van der Waals surface area contributed by atoms with E-state index in [1.807, 2.05) is 0 Å². The average Bonchev–Trinajstić information content (AvgIpc) is 3.00. The summed E-state index contributed by atoms with van der Waals surface area (Å²) in [6, 6.07) is 0. The number of carbonyl (C=O) groups is 2. The standard InChI is InChI=1S/C14H16O4/c15-12-1-2-14(3-4-17-13(14)16)10-6-8-5-9(10)11(7-8)18-12/h1-2,8-11H,3-7H2/b2-1-. The van der Waals surface area contributed by atoms with Crippen molar-refractivity contribution in [2.45, 2.75) is 31.8 Å². The summed E-state index contributed by atoms with van der Waals surface area (Å²) in [6.45, 7) is 0.483. The van der Waals surface area contributed by atoms with Crippen molar-refractivity contribution in [3.05, 3.63) is 12.2 Å². The number of rotatable bonds is 0. The fourth-order valence-corrected chi connectivity index (χ4v) is 4.58. The number of esters is 2. The predicted octanol–water partition coefficient (Wildman–Crippen LogP) is 1.45. The molecule has 18 heavy (non-hydrogen) atoms. The second-order valence-corrected chi connectivity index (χ2v) is 6.08. The smallest absolute Gasteiger partial charge is 0.330 e. The summed E-state index contributed by atoms with van der Waals surface area (Å²) in [7, 11) is 0. The lowest BCUT2D eigenvalue weighted by Gasteiger charge is -2.39. The molecule has 3 fully saturated rings. The van der Waals surface area contributed by atoms with E-state index in [1.54, 1.807) is 6.08 Å². The average molecular weight is 248 g/mol. The number of hydrogen-bond acceptors (Lipinski definition) is 4. The molecule has 4 heteroatoms. The Balaban J connectivity index is 1.81. The molecule has 1 spiro atoms. The SMILES string of the molecule is O=C1/C=C\C2(CCOC2=O)C2CC3CC(O1)C2C3. The molecular weight excluding hydrogens is 232 g/mol. The van der Waals surface area contributed by atoms with Gasteiger partial charge in [-0.3, -0.25) is 4.79 Å². The number of ether oxygens (including phenoxy) is 2. The highest BCUT2D eigenvalue weighted by Gasteiger charge is 2.60. The quantitative estimate of drug-likeness (QED) is 0.609. The van der Waals surface area contributed by atoms with Gasteiger partial charge in [-0.2, -0.15) is 0 Å². The Morgan fingerprint density at radius 3 is 2.83 bits per heavy atom. The van der Waals surface area contributed by atoms with Crippen LogP contribution in [-0.2, 0) is 19.1 Å². The van der Waals surface area contributed by atoms with Crippen LogP contribution in [0.25, 0.3) is 0 Å². The summed E-state index contributed by atoms with van der Waals surface area (Å²) in [5.74, 6) is 0.847. The van der Waals surface area contributed by atoms with Crippen LogP contribution < -0.4 is 0 Å². The summed E-state index contributed by atoms with van der Waals surface area (Å²) >= 11 is 0. The van der Waals surface area contributed by atoms with Crippen LogP contribution in [0, 0.1) is 23.2 Å². The normalized spacial score (nSPS) is 50.9. The molecule has 2 aliphatic heterocycles. The molecule has 1 saturated heterocycles. The molecule has 96 valence electrons. The van der Waals surface area contributed by atoms with Crippen LogP contribution in [0.3, 0.4) is 0 Å². The number of cyclic esters (lactones) is 1. The third-order valence-electron chi connectivity index (χ3n) is 5.33. The third kappa shape index (κ3) is 1.21. The van der Waals surface area contributed by atoms with Crippen LogP contribution in [0.15, 0.2) is 12.2 Å². The third-order valence-corrected chi connectivity index (χ3v) is 5.33. The second kappa shape index (κ2) is 3.37. The van der Waals surface area contributed by atoms with E-state index in [-0.39, 0.29) is 18.0 Å². The molecule has 0 N–H and O–H groups in total. The molecular formula is C14H16O4. The van der Waals surface area contributed by atoms with Crippen molar-refractivity contribution in [3.63, 3.8) is 0 Å². The maximum Gasteiger partial charge on any atom is 0.330 e. The van der Waals surface area contributed by atoms with Crippen molar-refractivity contribution >= 4 is 11.9 Å². The second-order valence-electron chi connectivity index (χ2n) is 6.08. The van der Waals surface area contributed by atoms with Gasteiger partial charge in [0.2, 0.25) is 0 Å². The van der Waals surface area contributed by atoms with E-state index in [0.29, 0.717) is 24.4 Å². The molecule has 2 bridgehead atoms.